The number of carbonyl (C=O) groups is 1. The van der Waals surface area contributed by atoms with Crippen molar-refractivity contribution in [3.63, 3.8) is 0 Å². The second-order valence-electron chi connectivity index (χ2n) is 9.27. The van der Waals surface area contributed by atoms with Gasteiger partial charge in [0.15, 0.2) is 5.78 Å². The molecule has 0 saturated carbocycles. The molecule has 1 atom stereocenters. The van der Waals surface area contributed by atoms with E-state index in [0.29, 0.717) is 19.6 Å². The van der Waals surface area contributed by atoms with E-state index in [1.165, 1.54) is 0 Å². The fourth-order valence-corrected chi connectivity index (χ4v) is 4.96. The van der Waals surface area contributed by atoms with Crippen LogP contribution in [0, 0.1) is 0 Å². The Bertz CT molecular complexity index is 1530. The normalized spacial score (nSPS) is 13.8. The summed E-state index contributed by atoms with van der Waals surface area (Å²) in [7, 11) is 0. The number of rotatable bonds is 8. The van der Waals surface area contributed by atoms with Gasteiger partial charge in [0.1, 0.15) is 24.2 Å². The van der Waals surface area contributed by atoms with Crippen LogP contribution in [0.3, 0.4) is 0 Å². The second kappa shape index (κ2) is 10.3. The van der Waals surface area contributed by atoms with Crippen LogP contribution in [0.15, 0.2) is 97.7 Å². The fourth-order valence-electron chi connectivity index (χ4n) is 4.96. The van der Waals surface area contributed by atoms with E-state index in [1.807, 2.05) is 71.4 Å². The Hall–Kier alpha value is -4.45. The maximum Gasteiger partial charge on any atom is 0.163 e. The van der Waals surface area contributed by atoms with Gasteiger partial charge in [-0.25, -0.2) is 4.98 Å². The van der Waals surface area contributed by atoms with Crippen LogP contribution < -0.4 is 9.47 Å². The van der Waals surface area contributed by atoms with E-state index in [-0.39, 0.29) is 11.9 Å². The average Bonchev–Trinajstić information content (AvgIpc) is 3.46. The van der Waals surface area contributed by atoms with Crippen molar-refractivity contribution in [2.75, 3.05) is 0 Å². The zero-order valence-electron chi connectivity index (χ0n) is 20.4. The molecule has 2 aromatic heterocycles. The van der Waals surface area contributed by atoms with Crippen molar-refractivity contribution >= 4 is 16.7 Å². The third kappa shape index (κ3) is 4.96. The first-order chi connectivity index (χ1) is 18.2. The molecule has 1 unspecified atom stereocenters. The van der Waals surface area contributed by atoms with Gasteiger partial charge in [-0.3, -0.25) is 9.78 Å². The molecule has 3 aromatic carbocycles. The van der Waals surface area contributed by atoms with Crippen LogP contribution >= 0.6 is 0 Å². The SMILES string of the molecule is O=C1CCCc2c1ccc(OC(Cn1ccnc1)c1ccccc1)c2COc1ccc2ncccc2c1. The lowest BCUT2D eigenvalue weighted by atomic mass is 9.87. The number of imidazole rings is 1. The van der Waals surface area contributed by atoms with Gasteiger partial charge in [-0.1, -0.05) is 36.4 Å². The molecular formula is C31H27N3O3. The van der Waals surface area contributed by atoms with Crippen molar-refractivity contribution in [2.24, 2.45) is 0 Å². The second-order valence-corrected chi connectivity index (χ2v) is 9.27. The maximum atomic E-state index is 12.7. The molecule has 6 heteroatoms. The van der Waals surface area contributed by atoms with Crippen molar-refractivity contribution in [1.29, 1.82) is 0 Å². The number of pyridine rings is 1. The smallest absolute Gasteiger partial charge is 0.163 e. The number of hydrogen-bond acceptors (Lipinski definition) is 5. The van der Waals surface area contributed by atoms with E-state index in [1.54, 1.807) is 18.7 Å². The van der Waals surface area contributed by atoms with Gasteiger partial charge in [0.25, 0.3) is 0 Å². The zero-order chi connectivity index (χ0) is 25.0. The first-order valence-corrected chi connectivity index (χ1v) is 12.6. The minimum absolute atomic E-state index is 0.184. The molecule has 0 N–H and O–H groups in total. The van der Waals surface area contributed by atoms with Crippen LogP contribution in [0.4, 0.5) is 0 Å². The highest BCUT2D eigenvalue weighted by atomic mass is 16.5. The number of ether oxygens (including phenoxy) is 2. The first kappa shape index (κ1) is 23.0. The molecule has 0 spiro atoms. The van der Waals surface area contributed by atoms with E-state index in [2.05, 4.69) is 22.1 Å². The van der Waals surface area contributed by atoms with Crippen molar-refractivity contribution in [3.05, 3.63) is 120 Å². The quantitative estimate of drug-likeness (QED) is 0.254. The summed E-state index contributed by atoms with van der Waals surface area (Å²) >= 11 is 0. The van der Waals surface area contributed by atoms with Gasteiger partial charge >= 0.3 is 0 Å². The van der Waals surface area contributed by atoms with Gasteiger partial charge in [-0.2, -0.15) is 0 Å². The van der Waals surface area contributed by atoms with Gasteiger partial charge in [0, 0.05) is 41.5 Å². The molecule has 0 fully saturated rings. The lowest BCUT2D eigenvalue weighted by Crippen LogP contribution is -2.19. The van der Waals surface area contributed by atoms with Crippen LogP contribution in [0.1, 0.15) is 46.0 Å². The summed E-state index contributed by atoms with van der Waals surface area (Å²) in [5.41, 5.74) is 4.74. The number of aromatic nitrogens is 3. The highest BCUT2D eigenvalue weighted by Gasteiger charge is 2.25. The van der Waals surface area contributed by atoms with Gasteiger partial charge < -0.3 is 14.0 Å². The topological polar surface area (TPSA) is 66.2 Å². The first-order valence-electron chi connectivity index (χ1n) is 12.6. The summed E-state index contributed by atoms with van der Waals surface area (Å²) in [6.45, 7) is 0.919. The van der Waals surface area contributed by atoms with E-state index in [0.717, 1.165) is 57.5 Å². The molecule has 1 aliphatic rings. The Kier molecular flexibility index (Phi) is 6.38. The number of fused-ring (bicyclic) bond motifs is 2. The van der Waals surface area contributed by atoms with Crippen molar-refractivity contribution in [1.82, 2.24) is 14.5 Å². The molecule has 184 valence electrons. The van der Waals surface area contributed by atoms with Crippen LogP contribution in [-0.2, 0) is 19.6 Å². The van der Waals surface area contributed by atoms with Crippen LogP contribution in [0.2, 0.25) is 0 Å². The number of hydrogen-bond donors (Lipinski definition) is 0. The number of carbonyl (C=O) groups excluding carboxylic acids is 1. The largest absolute Gasteiger partial charge is 0.489 e. The Morgan fingerprint density at radius 2 is 1.86 bits per heavy atom. The number of ketones is 1. The Labute approximate surface area is 215 Å². The average molecular weight is 490 g/mol. The van der Waals surface area contributed by atoms with Crippen molar-refractivity contribution in [3.8, 4) is 11.5 Å². The highest BCUT2D eigenvalue weighted by molar-refractivity contribution is 5.99. The predicted octanol–water partition coefficient (Wildman–Crippen LogP) is 6.35. The molecule has 5 aromatic rings. The highest BCUT2D eigenvalue weighted by Crippen LogP contribution is 2.35. The standard InChI is InChI=1S/C31H27N3O3/c35-29-10-4-9-25-26(29)12-14-30(27(25)20-36-24-11-13-28-23(18-24)8-5-15-33-28)37-31(19-34-17-16-32-21-34)22-6-2-1-3-7-22/h1-3,5-8,11-18,21,31H,4,9-10,19-20H2. The summed E-state index contributed by atoms with van der Waals surface area (Å²) in [4.78, 5) is 21.3. The lowest BCUT2D eigenvalue weighted by Gasteiger charge is -2.26. The molecule has 37 heavy (non-hydrogen) atoms. The summed E-state index contributed by atoms with van der Waals surface area (Å²) in [6, 6.07) is 23.8. The Morgan fingerprint density at radius 3 is 2.73 bits per heavy atom. The fraction of sp³-hybridized carbons (Fsp3) is 0.194. The minimum Gasteiger partial charge on any atom is -0.489 e. The van der Waals surface area contributed by atoms with E-state index in [4.69, 9.17) is 9.47 Å². The molecule has 0 amide bonds. The number of nitrogens with zero attached hydrogens (tertiary/aromatic N) is 3. The number of benzene rings is 3. The monoisotopic (exact) mass is 489 g/mol. The van der Waals surface area contributed by atoms with Crippen LogP contribution in [0.5, 0.6) is 11.5 Å². The molecule has 1 aliphatic carbocycles. The van der Waals surface area contributed by atoms with Crippen LogP contribution in [0.25, 0.3) is 10.9 Å². The molecule has 6 nitrogen and oxygen atoms in total. The Balaban J connectivity index is 1.35. The zero-order valence-corrected chi connectivity index (χ0v) is 20.4. The minimum atomic E-state index is -0.238. The molecule has 0 saturated heterocycles. The van der Waals surface area contributed by atoms with Gasteiger partial charge in [0.2, 0.25) is 0 Å². The maximum absolute atomic E-state index is 12.7. The summed E-state index contributed by atoms with van der Waals surface area (Å²) in [6.07, 6.45) is 9.29. The molecule has 2 heterocycles. The summed E-state index contributed by atoms with van der Waals surface area (Å²) < 4.78 is 15.0. The van der Waals surface area contributed by atoms with E-state index < -0.39 is 0 Å². The molecule has 0 radical (unpaired) electrons. The Morgan fingerprint density at radius 1 is 0.946 bits per heavy atom. The van der Waals surface area contributed by atoms with E-state index in [9.17, 15) is 4.79 Å². The molecule has 6 rings (SSSR count). The number of Topliss-reactive ketones (excluding diaryl/α,β-unsaturated/α-hetero) is 1. The molecule has 0 bridgehead atoms. The summed E-state index contributed by atoms with van der Waals surface area (Å²) in [5, 5.41) is 1.02. The van der Waals surface area contributed by atoms with Gasteiger partial charge in [0.05, 0.1) is 18.4 Å². The van der Waals surface area contributed by atoms with E-state index >= 15 is 0 Å². The summed E-state index contributed by atoms with van der Waals surface area (Å²) in [5.74, 6) is 1.68. The van der Waals surface area contributed by atoms with Crippen molar-refractivity contribution in [2.45, 2.75) is 38.5 Å². The predicted molar refractivity (Wildman–Crippen MR) is 142 cm³/mol. The lowest BCUT2D eigenvalue weighted by molar-refractivity contribution is 0.0971. The van der Waals surface area contributed by atoms with Crippen molar-refractivity contribution < 1.29 is 14.3 Å². The van der Waals surface area contributed by atoms with Crippen LogP contribution in [-0.4, -0.2) is 20.3 Å². The van der Waals surface area contributed by atoms with Gasteiger partial charge in [-0.05, 0) is 60.4 Å². The molecule has 0 aliphatic heterocycles. The van der Waals surface area contributed by atoms with Gasteiger partial charge in [-0.15, -0.1) is 0 Å². The third-order valence-corrected chi connectivity index (χ3v) is 6.85. The third-order valence-electron chi connectivity index (χ3n) is 6.85. The molecular weight excluding hydrogens is 462 g/mol.